The van der Waals surface area contributed by atoms with Gasteiger partial charge in [0.15, 0.2) is 0 Å². The summed E-state index contributed by atoms with van der Waals surface area (Å²) < 4.78 is 25.7. The van der Waals surface area contributed by atoms with Crippen LogP contribution in [0.15, 0.2) is 0 Å². The molecule has 0 spiro atoms. The van der Waals surface area contributed by atoms with E-state index in [9.17, 15) is 14.4 Å². The van der Waals surface area contributed by atoms with Crippen LogP contribution in [0.2, 0.25) is 0 Å². The van der Waals surface area contributed by atoms with Gasteiger partial charge in [0.25, 0.3) is 0 Å². The molecule has 8 heteroatoms. The van der Waals surface area contributed by atoms with Gasteiger partial charge in [-0.3, -0.25) is 14.4 Å². The van der Waals surface area contributed by atoms with Crippen LogP contribution in [-0.2, 0) is 38.1 Å². The minimum Gasteiger partial charge on any atom is -0.463 e. The number of esters is 2. The third-order valence-electron chi connectivity index (χ3n) is 2.78. The molecule has 0 saturated carbocycles. The van der Waals surface area contributed by atoms with Crippen molar-refractivity contribution < 1.29 is 38.1 Å². The molecule has 1 aliphatic rings. The van der Waals surface area contributed by atoms with Crippen molar-refractivity contribution in [1.82, 2.24) is 0 Å². The first-order valence-electron chi connectivity index (χ1n) is 6.54. The third-order valence-corrected chi connectivity index (χ3v) is 2.78. The van der Waals surface area contributed by atoms with Crippen molar-refractivity contribution >= 4 is 17.7 Å². The van der Waals surface area contributed by atoms with E-state index in [1.165, 1.54) is 21.0 Å². The predicted octanol–water partition coefficient (Wildman–Crippen LogP) is -0.173. The quantitative estimate of drug-likeness (QED) is 0.624. The molecule has 0 aromatic heterocycles. The molecule has 21 heavy (non-hydrogen) atoms. The summed E-state index contributed by atoms with van der Waals surface area (Å²) in [6, 6.07) is 0. The Morgan fingerprint density at radius 1 is 1.19 bits per heavy atom. The van der Waals surface area contributed by atoms with E-state index in [0.717, 1.165) is 0 Å². The lowest BCUT2D eigenvalue weighted by molar-refractivity contribution is -0.258. The first-order chi connectivity index (χ1) is 9.90. The molecule has 1 saturated heterocycles. The van der Waals surface area contributed by atoms with E-state index in [0.29, 0.717) is 0 Å². The molecule has 8 nitrogen and oxygen atoms in total. The lowest BCUT2D eigenvalue weighted by atomic mass is 10.0. The number of methoxy groups -OCH3 is 1. The summed E-state index contributed by atoms with van der Waals surface area (Å²) in [5.41, 5.74) is 0. The number of rotatable bonds is 6. The molecular formula is C13H20O8. The van der Waals surface area contributed by atoms with E-state index in [-0.39, 0.29) is 13.2 Å². The van der Waals surface area contributed by atoms with Crippen LogP contribution in [0.5, 0.6) is 0 Å². The Morgan fingerprint density at radius 3 is 2.33 bits per heavy atom. The van der Waals surface area contributed by atoms with Gasteiger partial charge in [0.2, 0.25) is 18.2 Å². The van der Waals surface area contributed by atoms with Crippen LogP contribution in [0, 0.1) is 0 Å². The Labute approximate surface area is 122 Å². The van der Waals surface area contributed by atoms with Gasteiger partial charge in [-0.05, 0) is 6.92 Å². The van der Waals surface area contributed by atoms with Crippen LogP contribution in [0.3, 0.4) is 0 Å². The second kappa shape index (κ2) is 8.06. The normalized spacial score (nSPS) is 29.0. The standard InChI is InChI=1S/C13H20O8/c1-5-18-11-9(6-19-7(2)14)21-13(17-4)12(10(11)16)20-8(3)15/h9,11-13H,5-6H2,1-4H3/t9-,11-,12-,13-/m1/s1. The van der Waals surface area contributed by atoms with E-state index in [1.807, 2.05) is 0 Å². The molecule has 4 atom stereocenters. The lowest BCUT2D eigenvalue weighted by Crippen LogP contribution is -2.58. The van der Waals surface area contributed by atoms with Gasteiger partial charge in [0.1, 0.15) is 18.8 Å². The highest BCUT2D eigenvalue weighted by Gasteiger charge is 2.48. The Balaban J connectivity index is 2.89. The van der Waals surface area contributed by atoms with Crippen molar-refractivity contribution in [3.8, 4) is 0 Å². The van der Waals surface area contributed by atoms with Crippen LogP contribution >= 0.6 is 0 Å². The molecule has 1 fully saturated rings. The number of hydrogen-bond donors (Lipinski definition) is 0. The Hall–Kier alpha value is -1.51. The van der Waals surface area contributed by atoms with Crippen molar-refractivity contribution in [2.24, 2.45) is 0 Å². The van der Waals surface area contributed by atoms with Gasteiger partial charge in [-0.15, -0.1) is 0 Å². The molecule has 1 aliphatic heterocycles. The number of Topliss-reactive ketones (excluding diaryl/α,β-unsaturated/α-hetero) is 1. The number of ether oxygens (including phenoxy) is 5. The summed E-state index contributed by atoms with van der Waals surface area (Å²) in [4.78, 5) is 34.3. The van der Waals surface area contributed by atoms with Crippen LogP contribution < -0.4 is 0 Å². The lowest BCUT2D eigenvalue weighted by Gasteiger charge is -2.38. The fraction of sp³-hybridized carbons (Fsp3) is 0.769. The van der Waals surface area contributed by atoms with Crippen LogP contribution in [-0.4, -0.2) is 62.6 Å². The second-order valence-electron chi connectivity index (χ2n) is 4.39. The summed E-state index contributed by atoms with van der Waals surface area (Å²) in [5.74, 6) is -1.62. The van der Waals surface area contributed by atoms with Crippen LogP contribution in [0.25, 0.3) is 0 Å². The van der Waals surface area contributed by atoms with E-state index in [2.05, 4.69) is 0 Å². The molecule has 0 radical (unpaired) electrons. The second-order valence-corrected chi connectivity index (χ2v) is 4.39. The van der Waals surface area contributed by atoms with Gasteiger partial charge in [-0.1, -0.05) is 0 Å². The summed E-state index contributed by atoms with van der Waals surface area (Å²) in [5, 5.41) is 0. The van der Waals surface area contributed by atoms with Crippen molar-refractivity contribution in [3.05, 3.63) is 0 Å². The van der Waals surface area contributed by atoms with Gasteiger partial charge in [0.05, 0.1) is 0 Å². The third kappa shape index (κ3) is 4.76. The average molecular weight is 304 g/mol. The largest absolute Gasteiger partial charge is 0.463 e. The van der Waals surface area contributed by atoms with Crippen molar-refractivity contribution in [2.45, 2.75) is 45.4 Å². The maximum absolute atomic E-state index is 12.4. The maximum atomic E-state index is 12.4. The molecule has 0 aromatic carbocycles. The zero-order chi connectivity index (χ0) is 16.0. The SMILES string of the molecule is CCO[C@H]1C(=O)[C@@H](OC(C)=O)[C@H](OC)O[C@@H]1COC(C)=O. The highest BCUT2D eigenvalue weighted by Crippen LogP contribution is 2.23. The summed E-state index contributed by atoms with van der Waals surface area (Å²) in [7, 11) is 1.32. The fourth-order valence-corrected chi connectivity index (χ4v) is 1.96. The van der Waals surface area contributed by atoms with Crippen molar-refractivity contribution in [2.75, 3.05) is 20.3 Å². The van der Waals surface area contributed by atoms with Gasteiger partial charge in [-0.25, -0.2) is 0 Å². The Morgan fingerprint density at radius 2 is 1.86 bits per heavy atom. The Kier molecular flexibility index (Phi) is 6.73. The zero-order valence-corrected chi connectivity index (χ0v) is 12.5. The number of carbonyl (C=O) groups is 3. The first kappa shape index (κ1) is 17.5. The number of hydrogen-bond acceptors (Lipinski definition) is 8. The van der Waals surface area contributed by atoms with Gasteiger partial charge < -0.3 is 23.7 Å². The predicted molar refractivity (Wildman–Crippen MR) is 68.3 cm³/mol. The molecule has 0 N–H and O–H groups in total. The molecule has 0 aromatic rings. The molecule has 0 amide bonds. The van der Waals surface area contributed by atoms with Crippen molar-refractivity contribution in [1.29, 1.82) is 0 Å². The summed E-state index contributed by atoms with van der Waals surface area (Å²) >= 11 is 0. The van der Waals surface area contributed by atoms with E-state index >= 15 is 0 Å². The summed E-state index contributed by atoms with van der Waals surface area (Å²) in [6.07, 6.45) is -4.10. The minimum absolute atomic E-state index is 0.154. The highest BCUT2D eigenvalue weighted by molar-refractivity contribution is 5.90. The number of carbonyl (C=O) groups excluding carboxylic acids is 3. The van der Waals surface area contributed by atoms with E-state index in [1.54, 1.807) is 6.92 Å². The van der Waals surface area contributed by atoms with Crippen molar-refractivity contribution in [3.63, 3.8) is 0 Å². The maximum Gasteiger partial charge on any atom is 0.303 e. The van der Waals surface area contributed by atoms with Crippen LogP contribution in [0.1, 0.15) is 20.8 Å². The molecule has 0 bridgehead atoms. The van der Waals surface area contributed by atoms with Gasteiger partial charge >= 0.3 is 11.9 Å². The first-order valence-corrected chi connectivity index (χ1v) is 6.54. The molecular weight excluding hydrogens is 284 g/mol. The van der Waals surface area contributed by atoms with Gasteiger partial charge in [-0.2, -0.15) is 0 Å². The minimum atomic E-state index is -1.21. The molecule has 0 aliphatic carbocycles. The average Bonchev–Trinajstić information content (AvgIpc) is 2.41. The monoisotopic (exact) mass is 304 g/mol. The number of ketones is 1. The molecule has 1 rings (SSSR count). The van der Waals surface area contributed by atoms with Gasteiger partial charge in [0, 0.05) is 27.6 Å². The zero-order valence-electron chi connectivity index (χ0n) is 12.5. The van der Waals surface area contributed by atoms with Crippen LogP contribution in [0.4, 0.5) is 0 Å². The fourth-order valence-electron chi connectivity index (χ4n) is 1.96. The topological polar surface area (TPSA) is 97.4 Å². The molecule has 120 valence electrons. The molecule has 1 heterocycles. The van der Waals surface area contributed by atoms with E-state index in [4.69, 9.17) is 23.7 Å². The highest BCUT2D eigenvalue weighted by atomic mass is 16.7. The Bertz CT molecular complexity index is 394. The van der Waals surface area contributed by atoms with E-state index < -0.39 is 42.3 Å². The smallest absolute Gasteiger partial charge is 0.303 e. The summed E-state index contributed by atoms with van der Waals surface area (Å²) in [6.45, 7) is 4.23. The molecule has 0 unspecified atom stereocenters.